The Morgan fingerprint density at radius 3 is 2.10 bits per heavy atom. The Kier molecular flexibility index (Phi) is 7.99. The zero-order chi connectivity index (χ0) is 45.3. The van der Waals surface area contributed by atoms with Gasteiger partial charge in [0.2, 0.25) is 0 Å². The maximum absolute atomic E-state index is 7.40. The Morgan fingerprint density at radius 1 is 0.582 bits per heavy atom. The van der Waals surface area contributed by atoms with Crippen LogP contribution in [0.4, 0.5) is 0 Å². The molecule has 2 aromatic heterocycles. The lowest BCUT2D eigenvalue weighted by Crippen LogP contribution is -2.52. The SMILES string of the molecule is CCCCc1ccc(C2C3=C(B4c5c(cc6c(oc7ccccc76)c52)-c2cccc5c6ccc7ccccc7c6n4c25)C(C)(C)c2cc4c(cc23)C(C)(C)CCC4(C)C)c(-c2ccccc2)c1. The van der Waals surface area contributed by atoms with Crippen molar-refractivity contribution in [2.45, 2.75) is 103 Å². The zero-order valence-electron chi connectivity index (χ0n) is 39.9. The highest BCUT2D eigenvalue weighted by Gasteiger charge is 2.55. The first-order valence-corrected chi connectivity index (χ1v) is 25.0. The van der Waals surface area contributed by atoms with Gasteiger partial charge in [0, 0.05) is 60.4 Å². The topological polar surface area (TPSA) is 18.1 Å². The van der Waals surface area contributed by atoms with Gasteiger partial charge in [-0.05, 0) is 115 Å². The summed E-state index contributed by atoms with van der Waals surface area (Å²) >= 11 is 0. The largest absolute Gasteiger partial charge is 0.456 e. The first-order chi connectivity index (χ1) is 32.5. The molecule has 1 atom stereocenters. The average Bonchev–Trinajstić information content (AvgIpc) is 3.97. The van der Waals surface area contributed by atoms with Gasteiger partial charge in [-0.25, -0.2) is 0 Å². The molecular formula is C64H56BNO. The number of para-hydroxylation sites is 2. The summed E-state index contributed by atoms with van der Waals surface area (Å²) in [4.78, 5) is 0. The van der Waals surface area contributed by atoms with Crippen molar-refractivity contribution in [2.75, 3.05) is 0 Å². The minimum atomic E-state index is -0.300. The van der Waals surface area contributed by atoms with E-state index in [1.54, 1.807) is 0 Å². The van der Waals surface area contributed by atoms with Gasteiger partial charge in [0.25, 0.3) is 0 Å². The second kappa shape index (κ2) is 13.5. The van der Waals surface area contributed by atoms with E-state index >= 15 is 0 Å². The standard InChI is InChI=1S/C64H56BNO/c1-8-9-18-37-27-29-42(46(33-37)38-19-11-10-12-20-38)54-55-49-35-51-52(63(4,5)32-31-62(51,2)3)36-50(49)64(6,7)61(55)65-57-47(34-48-41-23-15-16-26-53(41)67-60(48)56(54)57)44-25-17-24-43-45-30-28-39-21-13-14-22-40(39)58(45)66(65)59(43)44/h10-17,19-30,33-36,54H,8-9,18,31-32H2,1-7H3. The molecule has 0 fully saturated rings. The van der Waals surface area contributed by atoms with Gasteiger partial charge in [-0.2, -0.15) is 0 Å². The fourth-order valence-electron chi connectivity index (χ4n) is 13.9. The predicted octanol–water partition coefficient (Wildman–Crippen LogP) is 16.4. The van der Waals surface area contributed by atoms with Gasteiger partial charge < -0.3 is 8.90 Å². The third-order valence-electron chi connectivity index (χ3n) is 17.4. The molecule has 3 heteroatoms. The number of benzene rings is 8. The lowest BCUT2D eigenvalue weighted by atomic mass is 9.37. The second-order valence-electron chi connectivity index (χ2n) is 22.4. The van der Waals surface area contributed by atoms with E-state index in [2.05, 4.69) is 199 Å². The lowest BCUT2D eigenvalue weighted by Gasteiger charge is -2.43. The minimum Gasteiger partial charge on any atom is -0.456 e. The summed E-state index contributed by atoms with van der Waals surface area (Å²) in [6.45, 7) is 17.3. The Hall–Kier alpha value is -6.58. The number of hydrogen-bond donors (Lipinski definition) is 0. The van der Waals surface area contributed by atoms with Crippen LogP contribution in [-0.4, -0.2) is 11.3 Å². The predicted molar refractivity (Wildman–Crippen MR) is 284 cm³/mol. The van der Waals surface area contributed by atoms with Gasteiger partial charge in [0.15, 0.2) is 0 Å². The number of aromatic nitrogens is 1. The van der Waals surface area contributed by atoms with Crippen LogP contribution < -0.4 is 5.46 Å². The summed E-state index contributed by atoms with van der Waals surface area (Å²) in [5.41, 5.74) is 24.2. The third kappa shape index (κ3) is 5.18. The number of hydrogen-bond acceptors (Lipinski definition) is 1. The molecule has 2 nitrogen and oxygen atoms in total. The normalized spacial score (nSPS) is 18.3. The highest BCUT2D eigenvalue weighted by molar-refractivity contribution is 6.85. The number of unbranched alkanes of at least 4 members (excludes halogenated alkanes) is 1. The summed E-state index contributed by atoms with van der Waals surface area (Å²) in [5.74, 6) is -0.0997. The molecule has 0 saturated heterocycles. The van der Waals surface area contributed by atoms with Crippen molar-refractivity contribution in [3.05, 3.63) is 190 Å². The molecule has 0 N–H and O–H groups in total. The van der Waals surface area contributed by atoms with Crippen LogP contribution in [0.1, 0.15) is 119 Å². The van der Waals surface area contributed by atoms with Crippen molar-refractivity contribution in [1.82, 2.24) is 4.48 Å². The summed E-state index contributed by atoms with van der Waals surface area (Å²) in [7, 11) is 0. The molecular weight excluding hydrogens is 810 g/mol. The van der Waals surface area contributed by atoms with Crippen molar-refractivity contribution in [2.24, 2.45) is 0 Å². The van der Waals surface area contributed by atoms with Crippen molar-refractivity contribution in [3.8, 4) is 22.3 Å². The van der Waals surface area contributed by atoms with E-state index in [-0.39, 0.29) is 29.0 Å². The molecule has 4 aliphatic rings. The van der Waals surface area contributed by atoms with E-state index in [0.717, 1.165) is 17.6 Å². The van der Waals surface area contributed by atoms with E-state index in [0.29, 0.717) is 0 Å². The van der Waals surface area contributed by atoms with Crippen molar-refractivity contribution < 1.29 is 4.42 Å². The first kappa shape index (κ1) is 39.6. The molecule has 0 bridgehead atoms. The molecule has 326 valence electrons. The van der Waals surface area contributed by atoms with Crippen LogP contribution in [0.5, 0.6) is 0 Å². The molecule has 14 rings (SSSR count). The fourth-order valence-corrected chi connectivity index (χ4v) is 13.9. The van der Waals surface area contributed by atoms with Gasteiger partial charge >= 0.3 is 6.85 Å². The smallest absolute Gasteiger partial charge is 0.326 e. The molecule has 1 unspecified atom stereocenters. The van der Waals surface area contributed by atoms with Crippen LogP contribution >= 0.6 is 0 Å². The molecule has 0 spiro atoms. The Bertz CT molecular complexity index is 3830. The Labute approximate surface area is 394 Å². The van der Waals surface area contributed by atoms with E-state index in [1.807, 2.05) is 0 Å². The number of furan rings is 1. The molecule has 8 aromatic carbocycles. The second-order valence-corrected chi connectivity index (χ2v) is 22.4. The number of nitrogens with zero attached hydrogens (tertiary/aromatic N) is 1. The van der Waals surface area contributed by atoms with Crippen LogP contribution in [0.25, 0.3) is 82.3 Å². The van der Waals surface area contributed by atoms with Crippen LogP contribution in [0.3, 0.4) is 0 Å². The maximum atomic E-state index is 7.40. The Balaban J connectivity index is 1.22. The van der Waals surface area contributed by atoms with Crippen LogP contribution in [0.2, 0.25) is 0 Å². The molecule has 0 radical (unpaired) electrons. The van der Waals surface area contributed by atoms with Gasteiger partial charge in [-0.3, -0.25) is 0 Å². The fraction of sp³-hybridized carbons (Fsp3) is 0.250. The van der Waals surface area contributed by atoms with Gasteiger partial charge in [-0.15, -0.1) is 0 Å². The summed E-state index contributed by atoms with van der Waals surface area (Å²) in [5, 5.41) is 7.62. The first-order valence-electron chi connectivity index (χ1n) is 25.0. The van der Waals surface area contributed by atoms with Gasteiger partial charge in [0.1, 0.15) is 11.2 Å². The molecule has 4 heterocycles. The average molecular weight is 866 g/mol. The van der Waals surface area contributed by atoms with E-state index in [1.165, 1.54) is 147 Å². The molecule has 67 heavy (non-hydrogen) atoms. The quantitative estimate of drug-likeness (QED) is 0.158. The van der Waals surface area contributed by atoms with Gasteiger partial charge in [0.05, 0.1) is 0 Å². The van der Waals surface area contributed by atoms with Crippen molar-refractivity contribution in [3.63, 3.8) is 0 Å². The number of aryl methyl sites for hydroxylation is 1. The van der Waals surface area contributed by atoms with Crippen LogP contribution in [-0.2, 0) is 22.7 Å². The minimum absolute atomic E-state index is 0.0518. The Morgan fingerprint density at radius 2 is 1.30 bits per heavy atom. The van der Waals surface area contributed by atoms with E-state index in [9.17, 15) is 0 Å². The molecule has 10 aromatic rings. The van der Waals surface area contributed by atoms with Gasteiger partial charge in [-0.1, -0.05) is 194 Å². The summed E-state index contributed by atoms with van der Waals surface area (Å²) in [6.07, 6.45) is 5.77. The molecule has 2 aliphatic carbocycles. The maximum Gasteiger partial charge on any atom is 0.326 e. The van der Waals surface area contributed by atoms with Crippen molar-refractivity contribution in [1.29, 1.82) is 0 Å². The number of fused-ring (bicyclic) bond motifs is 15. The summed E-state index contributed by atoms with van der Waals surface area (Å²) < 4.78 is 10.2. The van der Waals surface area contributed by atoms with Crippen LogP contribution in [0, 0.1) is 0 Å². The highest BCUT2D eigenvalue weighted by Crippen LogP contribution is 2.62. The monoisotopic (exact) mass is 865 g/mol. The molecule has 0 saturated carbocycles. The number of allylic oxidation sites excluding steroid dienone is 2. The van der Waals surface area contributed by atoms with Crippen LogP contribution in [0.15, 0.2) is 155 Å². The van der Waals surface area contributed by atoms with E-state index in [4.69, 9.17) is 4.42 Å². The lowest BCUT2D eigenvalue weighted by molar-refractivity contribution is 0.331. The highest BCUT2D eigenvalue weighted by atomic mass is 16.3. The van der Waals surface area contributed by atoms with Crippen molar-refractivity contribution >= 4 is 72.4 Å². The summed E-state index contributed by atoms with van der Waals surface area (Å²) in [6, 6.07) is 56.4. The zero-order valence-corrected chi connectivity index (χ0v) is 39.9. The third-order valence-corrected chi connectivity index (χ3v) is 17.4. The number of rotatable bonds is 5. The van der Waals surface area contributed by atoms with E-state index < -0.39 is 0 Å². The molecule has 0 amide bonds. The molecule has 2 aliphatic heterocycles.